The molecule has 0 fully saturated rings. The van der Waals surface area contributed by atoms with Crippen LogP contribution in [0.3, 0.4) is 0 Å². The molecule has 7 heteroatoms. The van der Waals surface area contributed by atoms with Crippen LogP contribution in [0.2, 0.25) is 0 Å². The molecule has 0 aliphatic heterocycles. The number of aromatic amines is 1. The summed E-state index contributed by atoms with van der Waals surface area (Å²) < 4.78 is 10.2. The number of para-hydroxylation sites is 1. The van der Waals surface area contributed by atoms with E-state index in [0.717, 1.165) is 22.6 Å². The van der Waals surface area contributed by atoms with Gasteiger partial charge in [-0.25, -0.2) is 0 Å². The minimum Gasteiger partial charge on any atom is -0.492 e. The van der Waals surface area contributed by atoms with E-state index >= 15 is 0 Å². The lowest BCUT2D eigenvalue weighted by molar-refractivity contribution is 0.343. The van der Waals surface area contributed by atoms with Crippen molar-refractivity contribution in [2.45, 2.75) is 19.9 Å². The summed E-state index contributed by atoms with van der Waals surface area (Å²) in [6.07, 6.45) is 1.69. The van der Waals surface area contributed by atoms with Gasteiger partial charge in [-0.2, -0.15) is 0 Å². The molecule has 0 bridgehead atoms. The minimum atomic E-state index is -0.0179. The van der Waals surface area contributed by atoms with E-state index < -0.39 is 0 Å². The third-order valence-electron chi connectivity index (χ3n) is 3.52. The van der Waals surface area contributed by atoms with Gasteiger partial charge < -0.3 is 18.9 Å². The van der Waals surface area contributed by atoms with Crippen molar-refractivity contribution in [3.8, 4) is 5.75 Å². The van der Waals surface area contributed by atoms with Crippen LogP contribution in [0.5, 0.6) is 5.75 Å². The Bertz CT molecular complexity index is 831. The standard InChI is InChI=1S/C14H17N5OS/c1-4-20-11-7-5-6-10-12(11)16-14(21)19(10)9(2)13-17-15-8-18(13)3/h5-9H,4H2,1-3H3,(H,16,21). The van der Waals surface area contributed by atoms with Crippen molar-refractivity contribution in [2.75, 3.05) is 6.61 Å². The van der Waals surface area contributed by atoms with Crippen molar-refractivity contribution in [2.24, 2.45) is 7.05 Å². The van der Waals surface area contributed by atoms with Gasteiger partial charge in [0.2, 0.25) is 0 Å². The summed E-state index contributed by atoms with van der Waals surface area (Å²) in [5.74, 6) is 1.67. The normalized spacial score (nSPS) is 12.7. The van der Waals surface area contributed by atoms with Crippen LogP contribution in [0.1, 0.15) is 25.7 Å². The largest absolute Gasteiger partial charge is 0.492 e. The number of nitrogens with zero attached hydrogens (tertiary/aromatic N) is 4. The summed E-state index contributed by atoms with van der Waals surface area (Å²) in [7, 11) is 1.93. The fourth-order valence-corrected chi connectivity index (χ4v) is 2.93. The number of fused-ring (bicyclic) bond motifs is 1. The Morgan fingerprint density at radius 3 is 2.90 bits per heavy atom. The van der Waals surface area contributed by atoms with Crippen LogP contribution in [-0.4, -0.2) is 30.9 Å². The van der Waals surface area contributed by atoms with Crippen LogP contribution in [0.15, 0.2) is 24.5 Å². The number of nitrogens with one attached hydrogen (secondary N) is 1. The van der Waals surface area contributed by atoms with Gasteiger partial charge in [-0.3, -0.25) is 0 Å². The highest BCUT2D eigenvalue weighted by Gasteiger charge is 2.18. The highest BCUT2D eigenvalue weighted by molar-refractivity contribution is 7.71. The molecule has 2 heterocycles. The molecule has 1 atom stereocenters. The topological polar surface area (TPSA) is 60.7 Å². The number of aryl methyl sites for hydroxylation is 1. The SMILES string of the molecule is CCOc1cccc2c1[nH]c(=S)n2C(C)c1nncn1C. The highest BCUT2D eigenvalue weighted by Crippen LogP contribution is 2.28. The van der Waals surface area contributed by atoms with Crippen molar-refractivity contribution in [1.82, 2.24) is 24.3 Å². The number of hydrogen-bond acceptors (Lipinski definition) is 4. The maximum absolute atomic E-state index is 5.66. The lowest BCUT2D eigenvalue weighted by Crippen LogP contribution is -2.12. The van der Waals surface area contributed by atoms with Gasteiger partial charge in [0, 0.05) is 7.05 Å². The highest BCUT2D eigenvalue weighted by atomic mass is 32.1. The molecule has 21 heavy (non-hydrogen) atoms. The molecule has 0 aliphatic carbocycles. The fourth-order valence-electron chi connectivity index (χ4n) is 2.57. The maximum Gasteiger partial charge on any atom is 0.178 e. The monoisotopic (exact) mass is 303 g/mol. The molecule has 3 aromatic rings. The number of aromatic nitrogens is 5. The second-order valence-corrected chi connectivity index (χ2v) is 5.25. The molecule has 6 nitrogen and oxygen atoms in total. The van der Waals surface area contributed by atoms with Crippen molar-refractivity contribution < 1.29 is 4.74 Å². The quantitative estimate of drug-likeness (QED) is 0.753. The Kier molecular flexibility index (Phi) is 3.50. The number of ether oxygens (including phenoxy) is 1. The van der Waals surface area contributed by atoms with Crippen LogP contribution in [0.25, 0.3) is 11.0 Å². The first-order valence-corrected chi connectivity index (χ1v) is 7.24. The Hall–Kier alpha value is -2.15. The van der Waals surface area contributed by atoms with E-state index in [1.165, 1.54) is 0 Å². The van der Waals surface area contributed by atoms with Gasteiger partial charge in [0.1, 0.15) is 17.6 Å². The van der Waals surface area contributed by atoms with Gasteiger partial charge in [-0.1, -0.05) is 6.07 Å². The average Bonchev–Trinajstić information content (AvgIpc) is 3.02. The third-order valence-corrected chi connectivity index (χ3v) is 3.82. The van der Waals surface area contributed by atoms with Crippen molar-refractivity contribution in [3.63, 3.8) is 0 Å². The zero-order chi connectivity index (χ0) is 15.0. The molecule has 0 spiro atoms. The molecule has 1 unspecified atom stereocenters. The van der Waals surface area contributed by atoms with Gasteiger partial charge in [-0.15, -0.1) is 10.2 Å². The first-order valence-electron chi connectivity index (χ1n) is 6.83. The summed E-state index contributed by atoms with van der Waals surface area (Å²) in [6.45, 7) is 4.64. The van der Waals surface area contributed by atoms with Gasteiger partial charge in [0.25, 0.3) is 0 Å². The number of benzene rings is 1. The first-order chi connectivity index (χ1) is 10.1. The zero-order valence-electron chi connectivity index (χ0n) is 12.2. The zero-order valence-corrected chi connectivity index (χ0v) is 13.0. The van der Waals surface area contributed by atoms with E-state index in [1.54, 1.807) is 6.33 Å². The number of H-pyrrole nitrogens is 1. The molecule has 0 amide bonds. The average molecular weight is 303 g/mol. The first kappa shape index (κ1) is 13.8. The molecule has 110 valence electrons. The lowest BCUT2D eigenvalue weighted by Gasteiger charge is -2.14. The van der Waals surface area contributed by atoms with Gasteiger partial charge in [0.05, 0.1) is 18.2 Å². The Morgan fingerprint density at radius 1 is 1.43 bits per heavy atom. The van der Waals surface area contributed by atoms with E-state index in [0.29, 0.717) is 11.4 Å². The number of rotatable bonds is 4. The molecule has 2 aromatic heterocycles. The van der Waals surface area contributed by atoms with Crippen molar-refractivity contribution >= 4 is 23.3 Å². The van der Waals surface area contributed by atoms with E-state index in [2.05, 4.69) is 22.1 Å². The smallest absolute Gasteiger partial charge is 0.178 e. The molecule has 0 saturated carbocycles. The molecule has 0 radical (unpaired) electrons. The Labute approximate surface area is 127 Å². The van der Waals surface area contributed by atoms with Gasteiger partial charge >= 0.3 is 0 Å². The van der Waals surface area contributed by atoms with Crippen LogP contribution in [0.4, 0.5) is 0 Å². The predicted octanol–water partition coefficient (Wildman–Crippen LogP) is 2.84. The molecule has 3 rings (SSSR count). The van der Waals surface area contributed by atoms with Gasteiger partial charge in [0.15, 0.2) is 10.6 Å². The molecule has 0 saturated heterocycles. The van der Waals surface area contributed by atoms with Crippen molar-refractivity contribution in [1.29, 1.82) is 0 Å². The predicted molar refractivity (Wildman–Crippen MR) is 83.1 cm³/mol. The lowest BCUT2D eigenvalue weighted by atomic mass is 10.2. The van der Waals surface area contributed by atoms with Crippen LogP contribution in [-0.2, 0) is 7.05 Å². The second-order valence-electron chi connectivity index (χ2n) is 4.86. The molecule has 1 aromatic carbocycles. The van der Waals surface area contributed by atoms with E-state index in [9.17, 15) is 0 Å². The fraction of sp³-hybridized carbons (Fsp3) is 0.357. The Morgan fingerprint density at radius 2 is 2.24 bits per heavy atom. The second kappa shape index (κ2) is 5.33. The molecular weight excluding hydrogens is 286 g/mol. The maximum atomic E-state index is 5.66. The van der Waals surface area contributed by atoms with Gasteiger partial charge in [-0.05, 0) is 38.2 Å². The Balaban J connectivity index is 2.19. The molecule has 1 N–H and O–H groups in total. The van der Waals surface area contributed by atoms with Crippen LogP contribution < -0.4 is 4.74 Å². The summed E-state index contributed by atoms with van der Waals surface area (Å²) in [6, 6.07) is 5.91. The number of imidazole rings is 1. The van der Waals surface area contributed by atoms with Crippen LogP contribution in [0, 0.1) is 4.77 Å². The summed E-state index contributed by atoms with van der Waals surface area (Å²) >= 11 is 5.48. The summed E-state index contributed by atoms with van der Waals surface area (Å²) in [4.78, 5) is 3.24. The third kappa shape index (κ3) is 2.23. The summed E-state index contributed by atoms with van der Waals surface area (Å²) in [5, 5.41) is 8.12. The molecule has 0 aliphatic rings. The van der Waals surface area contributed by atoms with E-state index in [-0.39, 0.29) is 6.04 Å². The summed E-state index contributed by atoms with van der Waals surface area (Å²) in [5.41, 5.74) is 1.92. The van der Waals surface area contributed by atoms with Crippen LogP contribution >= 0.6 is 12.2 Å². The van der Waals surface area contributed by atoms with Crippen molar-refractivity contribution in [3.05, 3.63) is 35.1 Å². The number of hydrogen-bond donors (Lipinski definition) is 1. The minimum absolute atomic E-state index is 0.0179. The van der Waals surface area contributed by atoms with E-state index in [1.807, 2.05) is 41.3 Å². The molecular formula is C14H17N5OS. The van der Waals surface area contributed by atoms with E-state index in [4.69, 9.17) is 17.0 Å².